The summed E-state index contributed by atoms with van der Waals surface area (Å²) in [5.41, 5.74) is 0.814. The van der Waals surface area contributed by atoms with Crippen molar-refractivity contribution in [1.82, 2.24) is 0 Å². The van der Waals surface area contributed by atoms with Crippen LogP contribution >= 0.6 is 0 Å². The third-order valence-electron chi connectivity index (χ3n) is 2.64. The van der Waals surface area contributed by atoms with Crippen LogP contribution < -0.4 is 4.74 Å². The van der Waals surface area contributed by atoms with Gasteiger partial charge in [0, 0.05) is 6.42 Å². The van der Waals surface area contributed by atoms with E-state index < -0.39 is 5.92 Å². The van der Waals surface area contributed by atoms with Crippen LogP contribution in [0, 0.1) is 0 Å². The summed E-state index contributed by atoms with van der Waals surface area (Å²) in [4.78, 5) is 0. The summed E-state index contributed by atoms with van der Waals surface area (Å²) in [6.45, 7) is 0. The summed E-state index contributed by atoms with van der Waals surface area (Å²) >= 11 is 0. The maximum absolute atomic E-state index is 13.6. The van der Waals surface area contributed by atoms with E-state index in [0.717, 1.165) is 12.0 Å². The van der Waals surface area contributed by atoms with E-state index in [0.29, 0.717) is 12.2 Å². The van der Waals surface area contributed by atoms with Gasteiger partial charge in [0.15, 0.2) is 0 Å². The number of ether oxygens (including phenoxy) is 1. The Labute approximate surface area is 81.7 Å². The van der Waals surface area contributed by atoms with Gasteiger partial charge in [-0.1, -0.05) is 12.1 Å². The molecule has 0 N–H and O–H groups in total. The average Bonchev–Trinajstić information content (AvgIpc) is 2.16. The first-order valence-electron chi connectivity index (χ1n) is 4.69. The number of rotatable bonds is 1. The number of alkyl halides is 2. The minimum Gasteiger partial charge on any atom is -0.496 e. The molecule has 0 fully saturated rings. The summed E-state index contributed by atoms with van der Waals surface area (Å²) in [5, 5.41) is 0. The van der Waals surface area contributed by atoms with Crippen LogP contribution in [0.4, 0.5) is 8.78 Å². The van der Waals surface area contributed by atoms with Gasteiger partial charge in [0.05, 0.1) is 12.7 Å². The van der Waals surface area contributed by atoms with Crippen LogP contribution in [-0.2, 0) is 12.3 Å². The molecule has 1 aliphatic rings. The lowest BCUT2D eigenvalue weighted by atomic mass is 9.88. The fourth-order valence-electron chi connectivity index (χ4n) is 2.00. The van der Waals surface area contributed by atoms with Gasteiger partial charge in [-0.3, -0.25) is 0 Å². The lowest BCUT2D eigenvalue weighted by Gasteiger charge is -2.26. The number of hydrogen-bond acceptors (Lipinski definition) is 1. The molecule has 0 aromatic heterocycles. The molecule has 0 amide bonds. The summed E-state index contributed by atoms with van der Waals surface area (Å²) in [5.74, 6) is -2.41. The smallest absolute Gasteiger partial charge is 0.277 e. The van der Waals surface area contributed by atoms with Crippen LogP contribution in [0.15, 0.2) is 18.2 Å². The first-order valence-corrected chi connectivity index (χ1v) is 4.69. The quantitative estimate of drug-likeness (QED) is 0.673. The van der Waals surface area contributed by atoms with E-state index in [-0.39, 0.29) is 12.0 Å². The average molecular weight is 198 g/mol. The fourth-order valence-corrected chi connectivity index (χ4v) is 2.00. The van der Waals surface area contributed by atoms with Crippen molar-refractivity contribution >= 4 is 0 Å². The van der Waals surface area contributed by atoms with E-state index in [2.05, 4.69) is 0 Å². The van der Waals surface area contributed by atoms with Crippen molar-refractivity contribution in [3.8, 4) is 5.75 Å². The van der Waals surface area contributed by atoms with Crippen molar-refractivity contribution in [3.05, 3.63) is 29.3 Å². The van der Waals surface area contributed by atoms with Crippen LogP contribution in [0.1, 0.15) is 24.0 Å². The number of methoxy groups -OCH3 is 1. The highest BCUT2D eigenvalue weighted by Gasteiger charge is 2.39. The molecule has 0 aliphatic heterocycles. The van der Waals surface area contributed by atoms with Crippen molar-refractivity contribution in [2.75, 3.05) is 7.11 Å². The standard InChI is InChI=1S/C11H12F2O/c1-14-9-6-2-4-8-5-3-7-11(12,13)10(8)9/h2,4,6H,3,5,7H2,1H3. The summed E-state index contributed by atoms with van der Waals surface area (Å²) in [6, 6.07) is 5.11. The summed E-state index contributed by atoms with van der Waals surface area (Å²) in [7, 11) is 1.43. The molecule has 0 spiro atoms. The van der Waals surface area contributed by atoms with Gasteiger partial charge in [0.25, 0.3) is 5.92 Å². The molecule has 76 valence electrons. The lowest BCUT2D eigenvalue weighted by molar-refractivity contribution is -0.0237. The number of fused-ring (bicyclic) bond motifs is 1. The molecule has 0 unspecified atom stereocenters. The van der Waals surface area contributed by atoms with Crippen molar-refractivity contribution in [2.24, 2.45) is 0 Å². The number of aryl methyl sites for hydroxylation is 1. The van der Waals surface area contributed by atoms with Gasteiger partial charge in [-0.05, 0) is 24.5 Å². The maximum Gasteiger partial charge on any atom is 0.277 e. The monoisotopic (exact) mass is 198 g/mol. The molecule has 1 aromatic rings. The van der Waals surface area contributed by atoms with Crippen LogP contribution in [0.2, 0.25) is 0 Å². The fraction of sp³-hybridized carbons (Fsp3) is 0.455. The first kappa shape index (κ1) is 9.44. The molecule has 2 rings (SSSR count). The van der Waals surface area contributed by atoms with E-state index in [1.807, 2.05) is 0 Å². The molecular weight excluding hydrogens is 186 g/mol. The molecule has 0 atom stereocenters. The zero-order valence-corrected chi connectivity index (χ0v) is 8.02. The molecule has 1 aliphatic carbocycles. The molecule has 0 bridgehead atoms. The van der Waals surface area contributed by atoms with Crippen molar-refractivity contribution in [3.63, 3.8) is 0 Å². The highest BCUT2D eigenvalue weighted by atomic mass is 19.3. The van der Waals surface area contributed by atoms with Gasteiger partial charge in [0.1, 0.15) is 5.75 Å². The zero-order valence-electron chi connectivity index (χ0n) is 8.02. The van der Waals surface area contributed by atoms with E-state index in [9.17, 15) is 8.78 Å². The van der Waals surface area contributed by atoms with Gasteiger partial charge in [-0.2, -0.15) is 0 Å². The van der Waals surface area contributed by atoms with Gasteiger partial charge >= 0.3 is 0 Å². The summed E-state index contributed by atoms with van der Waals surface area (Å²) < 4.78 is 32.1. The van der Waals surface area contributed by atoms with Crippen molar-refractivity contribution < 1.29 is 13.5 Å². The number of hydrogen-bond donors (Lipinski definition) is 0. The minimum atomic E-state index is -2.72. The SMILES string of the molecule is COc1cccc2c1C(F)(F)CCC2. The van der Waals surface area contributed by atoms with E-state index >= 15 is 0 Å². The highest BCUT2D eigenvalue weighted by molar-refractivity contribution is 5.44. The van der Waals surface area contributed by atoms with Crippen LogP contribution in [0.25, 0.3) is 0 Å². The van der Waals surface area contributed by atoms with E-state index in [1.165, 1.54) is 7.11 Å². The number of benzene rings is 1. The Morgan fingerprint density at radius 2 is 2.14 bits per heavy atom. The lowest BCUT2D eigenvalue weighted by Crippen LogP contribution is -2.21. The van der Waals surface area contributed by atoms with Crippen LogP contribution in [0.3, 0.4) is 0 Å². The van der Waals surface area contributed by atoms with Gasteiger partial charge < -0.3 is 4.74 Å². The Kier molecular flexibility index (Phi) is 2.17. The third kappa shape index (κ3) is 1.37. The Bertz CT molecular complexity index is 333. The Hall–Kier alpha value is -1.12. The zero-order chi connectivity index (χ0) is 10.2. The Morgan fingerprint density at radius 1 is 1.36 bits per heavy atom. The molecule has 14 heavy (non-hydrogen) atoms. The molecule has 3 heteroatoms. The predicted octanol–water partition coefficient (Wildman–Crippen LogP) is 3.12. The summed E-state index contributed by atoms with van der Waals surface area (Å²) in [6.07, 6.45) is 1.20. The molecule has 0 saturated heterocycles. The van der Waals surface area contributed by atoms with Crippen LogP contribution in [-0.4, -0.2) is 7.11 Å². The van der Waals surface area contributed by atoms with Crippen molar-refractivity contribution in [2.45, 2.75) is 25.2 Å². The van der Waals surface area contributed by atoms with Crippen molar-refractivity contribution in [1.29, 1.82) is 0 Å². The van der Waals surface area contributed by atoms with Gasteiger partial charge in [0.2, 0.25) is 0 Å². The Morgan fingerprint density at radius 3 is 2.86 bits per heavy atom. The second kappa shape index (κ2) is 3.23. The second-order valence-electron chi connectivity index (χ2n) is 3.55. The number of halogens is 2. The molecular formula is C11H12F2O. The van der Waals surface area contributed by atoms with Gasteiger partial charge in [-0.25, -0.2) is 8.78 Å². The molecule has 0 radical (unpaired) electrons. The molecule has 1 nitrogen and oxygen atoms in total. The first-order chi connectivity index (χ1) is 6.65. The second-order valence-corrected chi connectivity index (χ2v) is 3.55. The van der Waals surface area contributed by atoms with E-state index in [4.69, 9.17) is 4.74 Å². The molecule has 0 saturated carbocycles. The van der Waals surface area contributed by atoms with E-state index in [1.54, 1.807) is 18.2 Å². The van der Waals surface area contributed by atoms with Crippen LogP contribution in [0.5, 0.6) is 5.75 Å². The normalized spacial score (nSPS) is 18.8. The minimum absolute atomic E-state index is 0.0691. The van der Waals surface area contributed by atoms with Gasteiger partial charge in [-0.15, -0.1) is 0 Å². The third-order valence-corrected chi connectivity index (χ3v) is 2.64. The molecule has 1 aromatic carbocycles. The highest BCUT2D eigenvalue weighted by Crippen LogP contribution is 2.44. The topological polar surface area (TPSA) is 9.23 Å². The Balaban J connectivity index is 2.58. The molecule has 0 heterocycles. The largest absolute Gasteiger partial charge is 0.496 e. The maximum atomic E-state index is 13.6. The predicted molar refractivity (Wildman–Crippen MR) is 49.8 cm³/mol.